The number of carbonyl (C=O) groups excluding carboxylic acids is 1. The molecule has 0 bridgehead atoms. The van der Waals surface area contributed by atoms with E-state index >= 15 is 0 Å². The van der Waals surface area contributed by atoms with Gasteiger partial charge in [-0.15, -0.1) is 0 Å². The number of nitrogens with zero attached hydrogens (tertiary/aromatic N) is 1. The van der Waals surface area contributed by atoms with E-state index in [0.29, 0.717) is 18.5 Å². The van der Waals surface area contributed by atoms with Crippen molar-refractivity contribution in [1.29, 1.82) is 0 Å². The van der Waals surface area contributed by atoms with Crippen LogP contribution in [0.1, 0.15) is 64.2 Å². The third kappa shape index (κ3) is 5.80. The second-order valence-corrected chi connectivity index (χ2v) is 6.42. The van der Waals surface area contributed by atoms with E-state index in [1.54, 1.807) is 0 Å². The lowest BCUT2D eigenvalue weighted by Gasteiger charge is -2.31. The first-order valence-electron chi connectivity index (χ1n) is 8.53. The number of hydrogen-bond donors (Lipinski definition) is 2. The Morgan fingerprint density at radius 3 is 2.35 bits per heavy atom. The van der Waals surface area contributed by atoms with Crippen LogP contribution in [0.5, 0.6) is 0 Å². The smallest absolute Gasteiger partial charge is 0.221 e. The van der Waals surface area contributed by atoms with Gasteiger partial charge in [-0.2, -0.15) is 0 Å². The van der Waals surface area contributed by atoms with Gasteiger partial charge in [0.2, 0.25) is 5.91 Å². The number of amides is 1. The average molecular weight is 281 g/mol. The molecule has 0 aliphatic heterocycles. The van der Waals surface area contributed by atoms with Crippen LogP contribution in [-0.4, -0.2) is 42.5 Å². The Kier molecular flexibility index (Phi) is 6.80. The van der Waals surface area contributed by atoms with Gasteiger partial charge in [-0.1, -0.05) is 25.7 Å². The van der Waals surface area contributed by atoms with Gasteiger partial charge in [0.25, 0.3) is 0 Å². The molecule has 0 saturated heterocycles. The second-order valence-electron chi connectivity index (χ2n) is 6.42. The molecule has 0 unspecified atom stereocenters. The zero-order chi connectivity index (χ0) is 14.2. The number of nitrogens with two attached hydrogens (primary N) is 1. The van der Waals surface area contributed by atoms with Gasteiger partial charge in [-0.25, -0.2) is 0 Å². The third-order valence-corrected chi connectivity index (χ3v) is 4.56. The molecule has 2 saturated carbocycles. The summed E-state index contributed by atoms with van der Waals surface area (Å²) in [5.74, 6) is 0.235. The largest absolute Gasteiger partial charge is 0.353 e. The maximum absolute atomic E-state index is 11.9. The molecule has 0 aromatic carbocycles. The van der Waals surface area contributed by atoms with E-state index in [1.807, 2.05) is 0 Å². The minimum Gasteiger partial charge on any atom is -0.353 e. The van der Waals surface area contributed by atoms with E-state index in [9.17, 15) is 4.79 Å². The number of carbonyl (C=O) groups is 1. The van der Waals surface area contributed by atoms with Crippen molar-refractivity contribution in [2.75, 3.05) is 19.6 Å². The van der Waals surface area contributed by atoms with E-state index < -0.39 is 0 Å². The van der Waals surface area contributed by atoms with Crippen LogP contribution in [-0.2, 0) is 4.79 Å². The molecule has 0 aromatic rings. The normalized spacial score (nSPS) is 20.9. The predicted octanol–water partition coefficient (Wildman–Crippen LogP) is 2.03. The van der Waals surface area contributed by atoms with E-state index in [-0.39, 0.29) is 5.91 Å². The lowest BCUT2D eigenvalue weighted by Crippen LogP contribution is -2.39. The Bertz CT molecular complexity index is 283. The summed E-state index contributed by atoms with van der Waals surface area (Å²) in [6.07, 6.45) is 12.1. The number of hydrogen-bond acceptors (Lipinski definition) is 3. The summed E-state index contributed by atoms with van der Waals surface area (Å²) in [7, 11) is 0. The molecule has 2 fully saturated rings. The van der Waals surface area contributed by atoms with Crippen molar-refractivity contribution >= 4 is 5.91 Å². The van der Waals surface area contributed by atoms with E-state index in [0.717, 1.165) is 26.1 Å². The average Bonchev–Trinajstić information content (AvgIpc) is 3.25. The van der Waals surface area contributed by atoms with Crippen molar-refractivity contribution in [2.24, 2.45) is 5.73 Å². The van der Waals surface area contributed by atoms with Crippen molar-refractivity contribution in [1.82, 2.24) is 10.2 Å². The lowest BCUT2D eigenvalue weighted by atomic mass is 10.1. The number of nitrogens with one attached hydrogen (secondary N) is 1. The van der Waals surface area contributed by atoms with Crippen LogP contribution in [0.2, 0.25) is 0 Å². The lowest BCUT2D eigenvalue weighted by molar-refractivity contribution is -0.121. The van der Waals surface area contributed by atoms with Crippen molar-refractivity contribution < 1.29 is 4.79 Å². The fourth-order valence-corrected chi connectivity index (χ4v) is 3.17. The van der Waals surface area contributed by atoms with Crippen LogP contribution in [0.3, 0.4) is 0 Å². The molecule has 4 heteroatoms. The van der Waals surface area contributed by atoms with Gasteiger partial charge >= 0.3 is 0 Å². The molecule has 3 N–H and O–H groups in total. The highest BCUT2D eigenvalue weighted by Gasteiger charge is 2.24. The fraction of sp³-hybridized carbons (Fsp3) is 0.938. The van der Waals surface area contributed by atoms with Crippen LogP contribution >= 0.6 is 0 Å². The Morgan fingerprint density at radius 1 is 1.05 bits per heavy atom. The summed E-state index contributed by atoms with van der Waals surface area (Å²) < 4.78 is 0. The molecule has 2 aliphatic rings. The molecule has 1 amide bonds. The SMILES string of the molecule is NCCCN(CCC(=O)NC1CC1)C1CCCCCC1. The molecule has 0 spiro atoms. The van der Waals surface area contributed by atoms with Crippen LogP contribution in [0.15, 0.2) is 0 Å². The Morgan fingerprint density at radius 2 is 1.75 bits per heavy atom. The predicted molar refractivity (Wildman–Crippen MR) is 82.5 cm³/mol. The van der Waals surface area contributed by atoms with Gasteiger partial charge in [0.15, 0.2) is 0 Å². The molecule has 116 valence electrons. The van der Waals surface area contributed by atoms with Crippen molar-refractivity contribution in [3.8, 4) is 0 Å². The third-order valence-electron chi connectivity index (χ3n) is 4.56. The van der Waals surface area contributed by atoms with Crippen LogP contribution < -0.4 is 11.1 Å². The van der Waals surface area contributed by atoms with Crippen LogP contribution in [0, 0.1) is 0 Å². The molecular formula is C16H31N3O. The maximum Gasteiger partial charge on any atom is 0.221 e. The number of rotatable bonds is 8. The topological polar surface area (TPSA) is 58.4 Å². The van der Waals surface area contributed by atoms with E-state index in [4.69, 9.17) is 5.73 Å². The van der Waals surface area contributed by atoms with Gasteiger partial charge in [0.05, 0.1) is 0 Å². The highest BCUT2D eigenvalue weighted by molar-refractivity contribution is 5.76. The molecular weight excluding hydrogens is 250 g/mol. The molecule has 2 aliphatic carbocycles. The quantitative estimate of drug-likeness (QED) is 0.669. The minimum absolute atomic E-state index is 0.235. The van der Waals surface area contributed by atoms with Crippen LogP contribution in [0.4, 0.5) is 0 Å². The second kappa shape index (κ2) is 8.63. The van der Waals surface area contributed by atoms with Gasteiger partial charge in [-0.05, 0) is 45.2 Å². The van der Waals surface area contributed by atoms with E-state index in [2.05, 4.69) is 10.2 Å². The zero-order valence-corrected chi connectivity index (χ0v) is 12.8. The Hall–Kier alpha value is -0.610. The molecule has 20 heavy (non-hydrogen) atoms. The zero-order valence-electron chi connectivity index (χ0n) is 12.8. The first-order chi connectivity index (χ1) is 9.79. The highest BCUT2D eigenvalue weighted by Crippen LogP contribution is 2.22. The summed E-state index contributed by atoms with van der Waals surface area (Å²) in [5.41, 5.74) is 5.66. The van der Waals surface area contributed by atoms with Gasteiger partial charge in [-0.3, -0.25) is 9.69 Å². The molecule has 0 aromatic heterocycles. The first kappa shape index (κ1) is 15.8. The van der Waals surface area contributed by atoms with Gasteiger partial charge in [0.1, 0.15) is 0 Å². The Labute approximate surface area is 123 Å². The molecule has 4 nitrogen and oxygen atoms in total. The summed E-state index contributed by atoms with van der Waals surface area (Å²) in [5, 5.41) is 3.09. The van der Waals surface area contributed by atoms with E-state index in [1.165, 1.54) is 51.4 Å². The van der Waals surface area contributed by atoms with Crippen molar-refractivity contribution in [3.05, 3.63) is 0 Å². The van der Waals surface area contributed by atoms with Crippen LogP contribution in [0.25, 0.3) is 0 Å². The highest BCUT2D eigenvalue weighted by atomic mass is 16.1. The Balaban J connectivity index is 1.76. The van der Waals surface area contributed by atoms with Crippen molar-refractivity contribution in [3.63, 3.8) is 0 Å². The summed E-state index contributed by atoms with van der Waals surface area (Å²) in [4.78, 5) is 14.4. The van der Waals surface area contributed by atoms with Gasteiger partial charge < -0.3 is 11.1 Å². The molecule has 0 heterocycles. The first-order valence-corrected chi connectivity index (χ1v) is 8.53. The monoisotopic (exact) mass is 281 g/mol. The molecule has 0 radical (unpaired) electrons. The minimum atomic E-state index is 0.235. The summed E-state index contributed by atoms with van der Waals surface area (Å²) in [6, 6.07) is 1.16. The molecule has 0 atom stereocenters. The maximum atomic E-state index is 11.9. The standard InChI is InChI=1S/C16H31N3O/c17-11-5-12-19(15-6-3-1-2-4-7-15)13-10-16(20)18-14-8-9-14/h14-15H,1-13,17H2,(H,18,20). The fourth-order valence-electron chi connectivity index (χ4n) is 3.17. The summed E-state index contributed by atoms with van der Waals surface area (Å²) in [6.45, 7) is 2.71. The van der Waals surface area contributed by atoms with Crippen molar-refractivity contribution in [2.45, 2.75) is 76.3 Å². The molecule has 2 rings (SSSR count). The summed E-state index contributed by atoms with van der Waals surface area (Å²) >= 11 is 0. The van der Waals surface area contributed by atoms with Gasteiger partial charge in [0, 0.05) is 25.0 Å².